The molecule has 29 heavy (non-hydrogen) atoms. The zero-order chi connectivity index (χ0) is 20.8. The number of hydrogen-bond donors (Lipinski definition) is 0. The lowest BCUT2D eigenvalue weighted by atomic mass is 9.72. The average molecular weight is 429 g/mol. The number of nitrogens with zero attached hydrogens (tertiary/aromatic N) is 2. The Morgan fingerprint density at radius 3 is 2.62 bits per heavy atom. The summed E-state index contributed by atoms with van der Waals surface area (Å²) in [5, 5.41) is 1.59. The van der Waals surface area contributed by atoms with Gasteiger partial charge in [-0.05, 0) is 66.2 Å². The standard InChI is InChI=1S/C23H28N2O2S2/c1-6-28-22-24-20-19(17-12-7-14(23(2,3)4)13-18(17)29-20)21(26)25(22)15-8-10-16(27-5)11-9-15/h8-11,14H,6-7,12-13H2,1-5H3. The summed E-state index contributed by atoms with van der Waals surface area (Å²) in [7, 11) is 1.65. The van der Waals surface area contributed by atoms with Crippen molar-refractivity contribution in [1.82, 2.24) is 9.55 Å². The molecule has 0 bridgehead atoms. The van der Waals surface area contributed by atoms with Crippen molar-refractivity contribution in [1.29, 1.82) is 0 Å². The maximum atomic E-state index is 13.7. The van der Waals surface area contributed by atoms with Gasteiger partial charge >= 0.3 is 0 Å². The molecular formula is C23H28N2O2S2. The number of thioether (sulfide) groups is 1. The fraction of sp³-hybridized carbons (Fsp3) is 0.478. The van der Waals surface area contributed by atoms with Crippen LogP contribution in [0.1, 0.15) is 44.6 Å². The van der Waals surface area contributed by atoms with Crippen molar-refractivity contribution in [2.75, 3.05) is 12.9 Å². The van der Waals surface area contributed by atoms with Gasteiger partial charge in [0.25, 0.3) is 5.56 Å². The Labute approximate surface area is 180 Å². The van der Waals surface area contributed by atoms with Crippen molar-refractivity contribution in [3.63, 3.8) is 0 Å². The number of benzene rings is 1. The Balaban J connectivity index is 1.89. The highest BCUT2D eigenvalue weighted by atomic mass is 32.2. The summed E-state index contributed by atoms with van der Waals surface area (Å²) in [6, 6.07) is 7.65. The summed E-state index contributed by atoms with van der Waals surface area (Å²) in [5.41, 5.74) is 2.42. The molecule has 1 aliphatic carbocycles. The largest absolute Gasteiger partial charge is 0.497 e. The molecule has 6 heteroatoms. The second-order valence-electron chi connectivity index (χ2n) is 8.66. The summed E-state index contributed by atoms with van der Waals surface area (Å²) >= 11 is 3.34. The first-order chi connectivity index (χ1) is 13.8. The molecule has 4 nitrogen and oxygen atoms in total. The van der Waals surface area contributed by atoms with E-state index in [9.17, 15) is 4.79 Å². The van der Waals surface area contributed by atoms with Crippen LogP contribution in [-0.4, -0.2) is 22.4 Å². The molecule has 1 aromatic carbocycles. The topological polar surface area (TPSA) is 44.1 Å². The lowest BCUT2D eigenvalue weighted by Gasteiger charge is -2.33. The summed E-state index contributed by atoms with van der Waals surface area (Å²) in [6.07, 6.45) is 3.16. The molecule has 0 amide bonds. The van der Waals surface area contributed by atoms with Crippen molar-refractivity contribution >= 4 is 33.3 Å². The predicted octanol–water partition coefficient (Wildman–Crippen LogP) is 5.72. The summed E-state index contributed by atoms with van der Waals surface area (Å²) in [4.78, 5) is 20.9. The van der Waals surface area contributed by atoms with Crippen LogP contribution in [0, 0.1) is 11.3 Å². The van der Waals surface area contributed by atoms with E-state index >= 15 is 0 Å². The minimum absolute atomic E-state index is 0.0582. The molecule has 1 unspecified atom stereocenters. The zero-order valence-corrected chi connectivity index (χ0v) is 19.4. The molecule has 0 spiro atoms. The molecule has 1 atom stereocenters. The average Bonchev–Trinajstić information content (AvgIpc) is 3.05. The van der Waals surface area contributed by atoms with E-state index < -0.39 is 0 Å². The molecule has 154 valence electrons. The molecule has 0 N–H and O–H groups in total. The Bertz CT molecular complexity index is 1090. The molecule has 2 heterocycles. The van der Waals surface area contributed by atoms with E-state index in [0.29, 0.717) is 5.92 Å². The monoisotopic (exact) mass is 428 g/mol. The first-order valence-corrected chi connectivity index (χ1v) is 12.0. The number of methoxy groups -OCH3 is 1. The molecule has 0 fully saturated rings. The Morgan fingerprint density at radius 2 is 2.00 bits per heavy atom. The third-order valence-electron chi connectivity index (χ3n) is 5.88. The second-order valence-corrected chi connectivity index (χ2v) is 11.0. The minimum Gasteiger partial charge on any atom is -0.497 e. The van der Waals surface area contributed by atoms with Gasteiger partial charge in [0.05, 0.1) is 18.2 Å². The third-order valence-corrected chi connectivity index (χ3v) is 7.85. The van der Waals surface area contributed by atoms with Gasteiger partial charge in [0.2, 0.25) is 0 Å². The summed E-state index contributed by atoms with van der Waals surface area (Å²) in [5.74, 6) is 2.30. The lowest BCUT2D eigenvalue weighted by Crippen LogP contribution is -2.27. The molecule has 4 rings (SSSR count). The third kappa shape index (κ3) is 3.73. The Hall–Kier alpha value is -1.79. The van der Waals surface area contributed by atoms with Gasteiger partial charge in [-0.3, -0.25) is 9.36 Å². The molecular weight excluding hydrogens is 400 g/mol. The van der Waals surface area contributed by atoms with E-state index in [0.717, 1.165) is 51.8 Å². The van der Waals surface area contributed by atoms with Crippen molar-refractivity contribution in [2.45, 2.75) is 52.1 Å². The molecule has 0 saturated heterocycles. The van der Waals surface area contributed by atoms with Crippen LogP contribution in [0.5, 0.6) is 5.75 Å². The van der Waals surface area contributed by atoms with E-state index in [1.54, 1.807) is 34.8 Å². The van der Waals surface area contributed by atoms with Crippen LogP contribution in [0.15, 0.2) is 34.2 Å². The SMILES string of the molecule is CCSc1nc2sc3c(c2c(=O)n1-c1ccc(OC)cc1)CCC(C(C)(C)C)C3. The smallest absolute Gasteiger partial charge is 0.267 e. The minimum atomic E-state index is 0.0582. The molecule has 0 radical (unpaired) electrons. The normalized spacial score (nSPS) is 16.8. The predicted molar refractivity (Wildman–Crippen MR) is 123 cm³/mol. The number of hydrogen-bond acceptors (Lipinski definition) is 5. The molecule has 3 aromatic rings. The Kier molecular flexibility index (Phi) is 5.51. The molecule has 1 aliphatic rings. The van der Waals surface area contributed by atoms with Gasteiger partial charge < -0.3 is 4.74 Å². The maximum Gasteiger partial charge on any atom is 0.267 e. The number of ether oxygens (including phenoxy) is 1. The van der Waals surface area contributed by atoms with E-state index in [1.807, 2.05) is 24.3 Å². The summed E-state index contributed by atoms with van der Waals surface area (Å²) < 4.78 is 7.05. The highest BCUT2D eigenvalue weighted by molar-refractivity contribution is 7.99. The highest BCUT2D eigenvalue weighted by Gasteiger charge is 2.32. The van der Waals surface area contributed by atoms with Crippen LogP contribution in [0.4, 0.5) is 0 Å². The van der Waals surface area contributed by atoms with E-state index in [4.69, 9.17) is 9.72 Å². The summed E-state index contributed by atoms with van der Waals surface area (Å²) in [6.45, 7) is 9.05. The molecule has 0 saturated carbocycles. The van der Waals surface area contributed by atoms with Gasteiger partial charge in [-0.1, -0.05) is 39.5 Å². The van der Waals surface area contributed by atoms with Crippen LogP contribution < -0.4 is 10.3 Å². The van der Waals surface area contributed by atoms with Crippen LogP contribution in [-0.2, 0) is 12.8 Å². The van der Waals surface area contributed by atoms with Crippen molar-refractivity contribution < 1.29 is 4.74 Å². The Morgan fingerprint density at radius 1 is 1.28 bits per heavy atom. The van der Waals surface area contributed by atoms with E-state index in [2.05, 4.69) is 27.7 Å². The van der Waals surface area contributed by atoms with Crippen LogP contribution >= 0.6 is 23.1 Å². The van der Waals surface area contributed by atoms with Gasteiger partial charge in [-0.15, -0.1) is 11.3 Å². The van der Waals surface area contributed by atoms with Gasteiger partial charge in [-0.25, -0.2) is 4.98 Å². The first kappa shape index (κ1) is 20.5. The highest BCUT2D eigenvalue weighted by Crippen LogP contribution is 2.42. The fourth-order valence-corrected chi connectivity index (χ4v) is 6.21. The number of rotatable bonds is 4. The van der Waals surface area contributed by atoms with E-state index in [-0.39, 0.29) is 11.0 Å². The quantitative estimate of drug-likeness (QED) is 0.394. The maximum absolute atomic E-state index is 13.7. The van der Waals surface area contributed by atoms with Crippen LogP contribution in [0.25, 0.3) is 15.9 Å². The van der Waals surface area contributed by atoms with Gasteiger partial charge in [0.1, 0.15) is 10.6 Å². The van der Waals surface area contributed by atoms with Gasteiger partial charge in [0, 0.05) is 4.88 Å². The number of aryl methyl sites for hydroxylation is 1. The number of fused-ring (bicyclic) bond motifs is 3. The fourth-order valence-electron chi connectivity index (χ4n) is 4.13. The van der Waals surface area contributed by atoms with Crippen molar-refractivity contribution in [3.8, 4) is 11.4 Å². The van der Waals surface area contributed by atoms with Gasteiger partial charge in [-0.2, -0.15) is 0 Å². The van der Waals surface area contributed by atoms with Crippen LogP contribution in [0.2, 0.25) is 0 Å². The molecule has 0 aliphatic heterocycles. The number of thiophene rings is 1. The number of aromatic nitrogens is 2. The molecule has 2 aromatic heterocycles. The zero-order valence-electron chi connectivity index (χ0n) is 17.7. The van der Waals surface area contributed by atoms with Gasteiger partial charge in [0.15, 0.2) is 5.16 Å². The van der Waals surface area contributed by atoms with Crippen molar-refractivity contribution in [3.05, 3.63) is 45.1 Å². The van der Waals surface area contributed by atoms with E-state index in [1.165, 1.54) is 10.4 Å². The lowest BCUT2D eigenvalue weighted by molar-refractivity contribution is 0.218. The van der Waals surface area contributed by atoms with Crippen molar-refractivity contribution in [2.24, 2.45) is 11.3 Å². The van der Waals surface area contributed by atoms with Crippen LogP contribution in [0.3, 0.4) is 0 Å². The first-order valence-electron chi connectivity index (χ1n) is 10.2. The second kappa shape index (κ2) is 7.80.